The monoisotopic (exact) mass is 270 g/mol. The van der Waals surface area contributed by atoms with Crippen molar-refractivity contribution in [1.29, 1.82) is 0 Å². The maximum Gasteiger partial charge on any atom is 0.290 e. The van der Waals surface area contributed by atoms with Crippen LogP contribution in [0.5, 0.6) is 0 Å². The molecule has 0 fully saturated rings. The van der Waals surface area contributed by atoms with E-state index in [1.165, 1.54) is 6.26 Å². The van der Waals surface area contributed by atoms with Crippen molar-refractivity contribution in [2.45, 2.75) is 0 Å². The number of nitrogens with zero attached hydrogens (tertiary/aromatic N) is 1. The van der Waals surface area contributed by atoms with Crippen molar-refractivity contribution < 1.29 is 9.21 Å². The van der Waals surface area contributed by atoms with Crippen molar-refractivity contribution in [1.82, 2.24) is 10.3 Å². The molecule has 19 heavy (non-hydrogen) atoms. The third-order valence-corrected chi connectivity index (χ3v) is 3.50. The van der Waals surface area contributed by atoms with E-state index in [0.29, 0.717) is 0 Å². The van der Waals surface area contributed by atoms with Gasteiger partial charge >= 0.3 is 0 Å². The summed E-state index contributed by atoms with van der Waals surface area (Å²) in [6.07, 6.45) is 4.81. The van der Waals surface area contributed by atoms with Crippen LogP contribution in [0.4, 0.5) is 0 Å². The molecule has 0 bridgehead atoms. The molecule has 0 aliphatic carbocycles. The van der Waals surface area contributed by atoms with E-state index in [4.69, 9.17) is 4.42 Å². The number of rotatable bonds is 3. The van der Waals surface area contributed by atoms with Crippen LogP contribution >= 0.6 is 11.3 Å². The summed E-state index contributed by atoms with van der Waals surface area (Å²) >= 11 is 1.57. The van der Waals surface area contributed by atoms with Crippen LogP contribution in [0.15, 0.2) is 53.3 Å². The Morgan fingerprint density at radius 2 is 2.16 bits per heavy atom. The molecule has 0 spiro atoms. The minimum Gasteiger partial charge on any atom is -0.459 e. The van der Waals surface area contributed by atoms with E-state index in [2.05, 4.69) is 10.3 Å². The lowest BCUT2D eigenvalue weighted by molar-refractivity contribution is 0.0943. The number of hydrogen-bond donors (Lipinski definition) is 1. The molecule has 3 aromatic rings. The molecule has 0 saturated carbocycles. The minimum atomic E-state index is -0.276. The highest BCUT2D eigenvalue weighted by Gasteiger charge is 2.05. The Bertz CT molecular complexity index is 696. The van der Waals surface area contributed by atoms with E-state index < -0.39 is 0 Å². The maximum atomic E-state index is 11.6. The SMILES string of the molecule is O=C(NC=Cc1nc2ccccc2s1)c1ccco1. The van der Waals surface area contributed by atoms with Crippen LogP contribution in [0.1, 0.15) is 15.6 Å². The lowest BCUT2D eigenvalue weighted by Crippen LogP contribution is -2.15. The highest BCUT2D eigenvalue weighted by atomic mass is 32.1. The summed E-state index contributed by atoms with van der Waals surface area (Å²) in [4.78, 5) is 16.0. The number of carbonyl (C=O) groups excluding carboxylic acids is 1. The third kappa shape index (κ3) is 2.56. The highest BCUT2D eigenvalue weighted by Crippen LogP contribution is 2.22. The van der Waals surface area contributed by atoms with Crippen molar-refractivity contribution in [3.63, 3.8) is 0 Å². The summed E-state index contributed by atoms with van der Waals surface area (Å²) in [6, 6.07) is 11.2. The van der Waals surface area contributed by atoms with Crippen LogP contribution in [0.25, 0.3) is 16.3 Å². The van der Waals surface area contributed by atoms with E-state index in [0.717, 1.165) is 15.2 Å². The minimum absolute atomic E-state index is 0.276. The molecule has 1 N–H and O–H groups in total. The summed E-state index contributed by atoms with van der Waals surface area (Å²) in [6.45, 7) is 0. The summed E-state index contributed by atoms with van der Waals surface area (Å²) < 4.78 is 6.11. The van der Waals surface area contributed by atoms with Crippen LogP contribution in [0.2, 0.25) is 0 Å². The second-order valence-electron chi connectivity index (χ2n) is 3.80. The Morgan fingerprint density at radius 3 is 2.95 bits per heavy atom. The van der Waals surface area contributed by atoms with Gasteiger partial charge in [-0.3, -0.25) is 4.79 Å². The van der Waals surface area contributed by atoms with Crippen molar-refractivity contribution in [3.8, 4) is 0 Å². The van der Waals surface area contributed by atoms with Gasteiger partial charge in [0.1, 0.15) is 5.01 Å². The fraction of sp³-hybridized carbons (Fsp3) is 0. The van der Waals surface area contributed by atoms with Gasteiger partial charge in [-0.25, -0.2) is 4.98 Å². The molecule has 0 radical (unpaired) electrons. The fourth-order valence-electron chi connectivity index (χ4n) is 1.63. The van der Waals surface area contributed by atoms with Crippen molar-refractivity contribution in [2.75, 3.05) is 0 Å². The second-order valence-corrected chi connectivity index (χ2v) is 4.87. The quantitative estimate of drug-likeness (QED) is 0.794. The average Bonchev–Trinajstić information content (AvgIpc) is 3.07. The van der Waals surface area contributed by atoms with Crippen LogP contribution in [0.3, 0.4) is 0 Å². The molecule has 4 nitrogen and oxygen atoms in total. The zero-order chi connectivity index (χ0) is 13.1. The molecule has 94 valence electrons. The fourth-order valence-corrected chi connectivity index (χ4v) is 2.50. The van der Waals surface area contributed by atoms with Gasteiger partial charge in [-0.1, -0.05) is 12.1 Å². The Balaban J connectivity index is 1.71. The van der Waals surface area contributed by atoms with E-state index in [1.54, 1.807) is 35.7 Å². The first-order valence-electron chi connectivity index (χ1n) is 5.69. The normalized spacial score (nSPS) is 11.2. The van der Waals surface area contributed by atoms with E-state index in [-0.39, 0.29) is 11.7 Å². The molecule has 2 aromatic heterocycles. The standard InChI is InChI=1S/C14H10N2O2S/c17-14(11-5-3-9-18-11)15-8-7-13-16-10-4-1-2-6-12(10)19-13/h1-9H,(H,15,17). The van der Waals surface area contributed by atoms with Gasteiger partial charge < -0.3 is 9.73 Å². The number of furan rings is 1. The van der Waals surface area contributed by atoms with E-state index >= 15 is 0 Å². The maximum absolute atomic E-state index is 11.6. The number of benzene rings is 1. The van der Waals surface area contributed by atoms with Crippen molar-refractivity contribution in [3.05, 3.63) is 59.6 Å². The van der Waals surface area contributed by atoms with Crippen LogP contribution in [-0.2, 0) is 0 Å². The van der Waals surface area contributed by atoms with Gasteiger partial charge in [-0.2, -0.15) is 0 Å². The average molecular weight is 270 g/mol. The molecule has 0 unspecified atom stereocenters. The number of amides is 1. The molecule has 1 aromatic carbocycles. The third-order valence-electron chi connectivity index (χ3n) is 2.50. The molecule has 3 rings (SSSR count). The van der Waals surface area contributed by atoms with Gasteiger partial charge in [0.05, 0.1) is 16.5 Å². The summed E-state index contributed by atoms with van der Waals surface area (Å²) in [7, 11) is 0. The summed E-state index contributed by atoms with van der Waals surface area (Å²) in [5, 5.41) is 3.48. The van der Waals surface area contributed by atoms with Crippen molar-refractivity contribution >= 4 is 33.5 Å². The van der Waals surface area contributed by atoms with Gasteiger partial charge in [0.2, 0.25) is 0 Å². The highest BCUT2D eigenvalue weighted by molar-refractivity contribution is 7.19. The predicted octanol–water partition coefficient (Wildman–Crippen LogP) is 3.29. The zero-order valence-electron chi connectivity index (χ0n) is 9.87. The molecule has 0 atom stereocenters. The molecule has 0 saturated heterocycles. The first-order valence-corrected chi connectivity index (χ1v) is 6.51. The van der Waals surface area contributed by atoms with Crippen LogP contribution in [-0.4, -0.2) is 10.9 Å². The smallest absolute Gasteiger partial charge is 0.290 e. The second kappa shape index (κ2) is 5.07. The first kappa shape index (κ1) is 11.7. The Labute approximate surface area is 113 Å². The predicted molar refractivity (Wildman–Crippen MR) is 74.8 cm³/mol. The lowest BCUT2D eigenvalue weighted by atomic mass is 10.3. The molecule has 2 heterocycles. The zero-order valence-corrected chi connectivity index (χ0v) is 10.7. The lowest BCUT2D eigenvalue weighted by Gasteiger charge is -1.93. The number of hydrogen-bond acceptors (Lipinski definition) is 4. The van der Waals surface area contributed by atoms with Gasteiger partial charge in [0.15, 0.2) is 5.76 Å². The number of para-hydroxylation sites is 1. The topological polar surface area (TPSA) is 55.1 Å². The van der Waals surface area contributed by atoms with Crippen LogP contribution < -0.4 is 5.32 Å². The number of carbonyl (C=O) groups is 1. The Morgan fingerprint density at radius 1 is 1.26 bits per heavy atom. The van der Waals surface area contributed by atoms with Gasteiger partial charge in [-0.15, -0.1) is 11.3 Å². The van der Waals surface area contributed by atoms with Crippen molar-refractivity contribution in [2.24, 2.45) is 0 Å². The van der Waals surface area contributed by atoms with E-state index in [1.807, 2.05) is 24.3 Å². The molecule has 0 aliphatic rings. The Kier molecular flexibility index (Phi) is 3.12. The molecular formula is C14H10N2O2S. The molecule has 1 amide bonds. The van der Waals surface area contributed by atoms with Crippen LogP contribution in [0, 0.1) is 0 Å². The number of fused-ring (bicyclic) bond motifs is 1. The Hall–Kier alpha value is -2.40. The summed E-state index contributed by atoms with van der Waals surface area (Å²) in [5.41, 5.74) is 0.963. The molecule has 0 aliphatic heterocycles. The first-order chi connectivity index (χ1) is 9.33. The molecular weight excluding hydrogens is 260 g/mol. The number of nitrogens with one attached hydrogen (secondary N) is 1. The van der Waals surface area contributed by atoms with Gasteiger partial charge in [0, 0.05) is 6.20 Å². The number of thiazole rings is 1. The van der Waals surface area contributed by atoms with Gasteiger partial charge in [-0.05, 0) is 30.3 Å². The number of aromatic nitrogens is 1. The largest absolute Gasteiger partial charge is 0.459 e. The summed E-state index contributed by atoms with van der Waals surface area (Å²) in [5.74, 6) is 0.0105. The van der Waals surface area contributed by atoms with Gasteiger partial charge in [0.25, 0.3) is 5.91 Å². The molecule has 5 heteroatoms. The van der Waals surface area contributed by atoms with E-state index in [9.17, 15) is 4.79 Å².